The van der Waals surface area contributed by atoms with Gasteiger partial charge in [0.2, 0.25) is 0 Å². The topological polar surface area (TPSA) is 34.2 Å². The second kappa shape index (κ2) is 6.13. The number of aryl methyl sites for hydroxylation is 2. The molecule has 0 saturated carbocycles. The van der Waals surface area contributed by atoms with Crippen LogP contribution in [0.4, 0.5) is 0 Å². The highest BCUT2D eigenvalue weighted by atomic mass is 32.1. The molecular formula is C14H24N2OS. The number of hydrogen-bond acceptors (Lipinski definition) is 4. The van der Waals surface area contributed by atoms with E-state index in [1.807, 2.05) is 11.3 Å². The third kappa shape index (κ3) is 2.76. The summed E-state index contributed by atoms with van der Waals surface area (Å²) in [5, 5.41) is 4.95. The molecule has 102 valence electrons. The van der Waals surface area contributed by atoms with Crippen LogP contribution in [0.2, 0.25) is 0 Å². The molecule has 0 aromatic carbocycles. The second-order valence-electron chi connectivity index (χ2n) is 4.95. The van der Waals surface area contributed by atoms with Gasteiger partial charge < -0.3 is 10.1 Å². The molecule has 1 N–H and O–H groups in total. The Balaban J connectivity index is 2.31. The Labute approximate surface area is 114 Å². The first-order valence-corrected chi connectivity index (χ1v) is 7.83. The van der Waals surface area contributed by atoms with Crippen molar-refractivity contribution in [1.82, 2.24) is 10.3 Å². The molecule has 2 rings (SSSR count). The first-order chi connectivity index (χ1) is 8.72. The molecule has 1 aromatic heterocycles. The van der Waals surface area contributed by atoms with Crippen molar-refractivity contribution < 1.29 is 4.74 Å². The molecule has 1 aromatic rings. The molecule has 3 nitrogen and oxygen atoms in total. The van der Waals surface area contributed by atoms with Crippen LogP contribution in [-0.4, -0.2) is 24.7 Å². The molecule has 0 bridgehead atoms. The van der Waals surface area contributed by atoms with Crippen molar-refractivity contribution in [2.75, 3.05) is 19.8 Å². The molecule has 0 amide bonds. The van der Waals surface area contributed by atoms with E-state index in [4.69, 9.17) is 9.72 Å². The Morgan fingerprint density at radius 3 is 2.83 bits per heavy atom. The fraction of sp³-hybridized carbons (Fsp3) is 0.786. The van der Waals surface area contributed by atoms with E-state index < -0.39 is 0 Å². The van der Waals surface area contributed by atoms with Gasteiger partial charge in [-0.2, -0.15) is 0 Å². The third-order valence-corrected chi connectivity index (χ3v) is 4.93. The predicted molar refractivity (Wildman–Crippen MR) is 76.3 cm³/mol. The lowest BCUT2D eigenvalue weighted by atomic mass is 9.91. The summed E-state index contributed by atoms with van der Waals surface area (Å²) in [5.41, 5.74) is 1.31. The molecule has 1 fully saturated rings. The lowest BCUT2D eigenvalue weighted by molar-refractivity contribution is 0.136. The van der Waals surface area contributed by atoms with Crippen molar-refractivity contribution in [3.05, 3.63) is 15.6 Å². The minimum Gasteiger partial charge on any atom is -0.381 e. The number of aromatic nitrogens is 1. The highest BCUT2D eigenvalue weighted by Gasteiger charge is 2.35. The molecule has 0 radical (unpaired) electrons. The van der Waals surface area contributed by atoms with Crippen molar-refractivity contribution in [2.24, 2.45) is 0 Å². The second-order valence-corrected chi connectivity index (χ2v) is 6.16. The largest absolute Gasteiger partial charge is 0.381 e. The molecule has 1 aliphatic rings. The first kappa shape index (κ1) is 14.0. The molecule has 1 saturated heterocycles. The van der Waals surface area contributed by atoms with Crippen LogP contribution in [0.15, 0.2) is 0 Å². The maximum Gasteiger partial charge on any atom is 0.113 e. The predicted octanol–water partition coefficient (Wildman–Crippen LogP) is 3.02. The summed E-state index contributed by atoms with van der Waals surface area (Å²) >= 11 is 1.86. The van der Waals surface area contributed by atoms with Gasteiger partial charge in [-0.25, -0.2) is 4.98 Å². The smallest absolute Gasteiger partial charge is 0.113 e. The number of rotatable bonds is 4. The molecule has 18 heavy (non-hydrogen) atoms. The summed E-state index contributed by atoms with van der Waals surface area (Å²) in [5.74, 6) is 0. The zero-order valence-electron chi connectivity index (χ0n) is 11.7. The van der Waals surface area contributed by atoms with Crippen LogP contribution in [0.25, 0.3) is 0 Å². The van der Waals surface area contributed by atoms with Crippen molar-refractivity contribution >= 4 is 11.3 Å². The summed E-state index contributed by atoms with van der Waals surface area (Å²) in [6, 6.07) is 0. The van der Waals surface area contributed by atoms with E-state index in [1.165, 1.54) is 15.6 Å². The van der Waals surface area contributed by atoms with Crippen molar-refractivity contribution in [3.8, 4) is 0 Å². The highest BCUT2D eigenvalue weighted by Crippen LogP contribution is 2.36. The van der Waals surface area contributed by atoms with Gasteiger partial charge in [-0.1, -0.05) is 13.8 Å². The Morgan fingerprint density at radius 1 is 1.33 bits per heavy atom. The molecule has 2 heterocycles. The van der Waals surface area contributed by atoms with Crippen LogP contribution in [0.3, 0.4) is 0 Å². The van der Waals surface area contributed by atoms with Crippen molar-refractivity contribution in [1.29, 1.82) is 0 Å². The monoisotopic (exact) mass is 268 g/mol. The normalized spacial score (nSPS) is 25.1. The van der Waals surface area contributed by atoms with E-state index in [-0.39, 0.29) is 5.54 Å². The van der Waals surface area contributed by atoms with E-state index >= 15 is 0 Å². The van der Waals surface area contributed by atoms with Crippen LogP contribution in [0.5, 0.6) is 0 Å². The van der Waals surface area contributed by atoms with Gasteiger partial charge in [0.25, 0.3) is 0 Å². The van der Waals surface area contributed by atoms with Gasteiger partial charge in [-0.05, 0) is 39.2 Å². The number of nitrogens with zero attached hydrogens (tertiary/aromatic N) is 1. The number of thiazole rings is 1. The Bertz CT molecular complexity index is 381. The van der Waals surface area contributed by atoms with Crippen molar-refractivity contribution in [2.45, 2.75) is 52.0 Å². The lowest BCUT2D eigenvalue weighted by Crippen LogP contribution is -2.42. The first-order valence-electron chi connectivity index (χ1n) is 7.01. The Kier molecular flexibility index (Phi) is 4.76. The van der Waals surface area contributed by atoms with Crippen molar-refractivity contribution in [3.63, 3.8) is 0 Å². The number of nitrogens with one attached hydrogen (secondary N) is 1. The summed E-state index contributed by atoms with van der Waals surface area (Å²) < 4.78 is 5.62. The Morgan fingerprint density at radius 2 is 2.17 bits per heavy atom. The molecule has 1 unspecified atom stereocenters. The van der Waals surface area contributed by atoms with E-state index in [0.717, 1.165) is 45.4 Å². The molecule has 0 spiro atoms. The van der Waals surface area contributed by atoms with E-state index in [2.05, 4.69) is 26.1 Å². The van der Waals surface area contributed by atoms with Gasteiger partial charge in [0.15, 0.2) is 0 Å². The Hall–Kier alpha value is -0.450. The highest BCUT2D eigenvalue weighted by molar-refractivity contribution is 7.11. The van der Waals surface area contributed by atoms with Crippen LogP contribution in [0.1, 0.15) is 48.7 Å². The molecule has 0 aliphatic carbocycles. The minimum atomic E-state index is 0.0497. The molecule has 1 atom stereocenters. The fourth-order valence-electron chi connectivity index (χ4n) is 2.71. The maximum absolute atomic E-state index is 5.62. The minimum absolute atomic E-state index is 0.0497. The van der Waals surface area contributed by atoms with Gasteiger partial charge in [0.1, 0.15) is 5.01 Å². The van der Waals surface area contributed by atoms with Crippen LogP contribution >= 0.6 is 11.3 Å². The number of ether oxygens (including phenoxy) is 1. The lowest BCUT2D eigenvalue weighted by Gasteiger charge is -2.31. The van der Waals surface area contributed by atoms with E-state index in [0.29, 0.717) is 0 Å². The summed E-state index contributed by atoms with van der Waals surface area (Å²) in [6.07, 6.45) is 4.32. The average molecular weight is 268 g/mol. The van der Waals surface area contributed by atoms with Crippen LogP contribution in [-0.2, 0) is 16.7 Å². The van der Waals surface area contributed by atoms with Gasteiger partial charge in [0.05, 0.1) is 11.2 Å². The quantitative estimate of drug-likeness (QED) is 0.911. The standard InChI is InChI=1S/C14H24N2OS/c1-4-12-11(3)18-13(16-12)14(15-5-2)7-6-9-17-10-8-14/h15H,4-10H2,1-3H3. The fourth-order valence-corrected chi connectivity index (χ4v) is 3.94. The zero-order valence-corrected chi connectivity index (χ0v) is 12.5. The summed E-state index contributed by atoms with van der Waals surface area (Å²) in [4.78, 5) is 6.26. The van der Waals surface area contributed by atoms with Gasteiger partial charge in [0, 0.05) is 18.1 Å². The molecule has 4 heteroatoms. The summed E-state index contributed by atoms with van der Waals surface area (Å²) in [6.45, 7) is 9.26. The van der Waals surface area contributed by atoms with Crippen LogP contribution in [0, 0.1) is 6.92 Å². The molecular weight excluding hydrogens is 244 g/mol. The zero-order chi connectivity index (χ0) is 13.0. The van der Waals surface area contributed by atoms with Gasteiger partial charge >= 0.3 is 0 Å². The maximum atomic E-state index is 5.62. The van der Waals surface area contributed by atoms with E-state index in [9.17, 15) is 0 Å². The molecule has 1 aliphatic heterocycles. The van der Waals surface area contributed by atoms with E-state index in [1.54, 1.807) is 0 Å². The van der Waals surface area contributed by atoms with Gasteiger partial charge in [-0.15, -0.1) is 11.3 Å². The van der Waals surface area contributed by atoms with Crippen LogP contribution < -0.4 is 5.32 Å². The third-order valence-electron chi connectivity index (χ3n) is 3.72. The average Bonchev–Trinajstić information content (AvgIpc) is 2.60. The summed E-state index contributed by atoms with van der Waals surface area (Å²) in [7, 11) is 0. The SMILES string of the molecule is CCNC1(c2nc(CC)c(C)s2)CCCOCC1. The van der Waals surface area contributed by atoms with Gasteiger partial charge in [-0.3, -0.25) is 0 Å². The number of hydrogen-bond donors (Lipinski definition) is 1.